The first kappa shape index (κ1) is 18.8. The number of hydrogen-bond donors (Lipinski definition) is 2. The van der Waals surface area contributed by atoms with Crippen molar-refractivity contribution in [1.29, 1.82) is 0 Å². The summed E-state index contributed by atoms with van der Waals surface area (Å²) in [5.41, 5.74) is 5.48. The Kier molecular flexibility index (Phi) is 5.98. The van der Waals surface area contributed by atoms with Gasteiger partial charge in [0.1, 0.15) is 11.5 Å². The van der Waals surface area contributed by atoms with Crippen molar-refractivity contribution >= 4 is 16.8 Å². The lowest BCUT2D eigenvalue weighted by Crippen LogP contribution is -2.25. The van der Waals surface area contributed by atoms with Crippen molar-refractivity contribution in [1.82, 2.24) is 10.5 Å². The standard InChI is InChI=1S/C21H24N2O4/c1-4-27-23-21(24)12-18(14-9-15(25-2)11-16(10-14)26-3)19-13-22-20-8-6-5-7-17(19)20/h5-11,13,18,22H,4,12H2,1-3H3,(H,23,24). The highest BCUT2D eigenvalue weighted by Gasteiger charge is 2.23. The van der Waals surface area contributed by atoms with E-state index in [-0.39, 0.29) is 18.2 Å². The molecule has 0 fully saturated rings. The van der Waals surface area contributed by atoms with Gasteiger partial charge in [0.05, 0.1) is 20.8 Å². The van der Waals surface area contributed by atoms with Crippen LogP contribution >= 0.6 is 0 Å². The summed E-state index contributed by atoms with van der Waals surface area (Å²) < 4.78 is 10.8. The molecule has 142 valence electrons. The second-order valence-corrected chi connectivity index (χ2v) is 6.15. The molecule has 0 aliphatic carbocycles. The average molecular weight is 368 g/mol. The topological polar surface area (TPSA) is 72.6 Å². The number of aromatic nitrogens is 1. The molecular weight excluding hydrogens is 344 g/mol. The van der Waals surface area contributed by atoms with E-state index in [1.807, 2.05) is 55.6 Å². The number of fused-ring (bicyclic) bond motifs is 1. The van der Waals surface area contributed by atoms with Gasteiger partial charge >= 0.3 is 0 Å². The fraction of sp³-hybridized carbons (Fsp3) is 0.286. The Bertz CT molecular complexity index is 897. The van der Waals surface area contributed by atoms with Crippen LogP contribution in [0.2, 0.25) is 0 Å². The molecule has 0 saturated heterocycles. The van der Waals surface area contributed by atoms with Gasteiger partial charge in [-0.15, -0.1) is 0 Å². The minimum atomic E-state index is -0.189. The van der Waals surface area contributed by atoms with Crippen molar-refractivity contribution in [2.75, 3.05) is 20.8 Å². The maximum atomic E-state index is 12.4. The number of para-hydroxylation sites is 1. The van der Waals surface area contributed by atoms with Crippen molar-refractivity contribution in [3.05, 3.63) is 59.8 Å². The lowest BCUT2D eigenvalue weighted by molar-refractivity contribution is -0.133. The van der Waals surface area contributed by atoms with E-state index in [0.29, 0.717) is 18.1 Å². The lowest BCUT2D eigenvalue weighted by atomic mass is 9.87. The molecule has 0 aliphatic heterocycles. The van der Waals surface area contributed by atoms with Crippen LogP contribution in [0.25, 0.3) is 10.9 Å². The summed E-state index contributed by atoms with van der Waals surface area (Å²) in [4.78, 5) is 20.8. The van der Waals surface area contributed by atoms with Gasteiger partial charge in [-0.2, -0.15) is 0 Å². The van der Waals surface area contributed by atoms with Crippen molar-refractivity contribution in [3.63, 3.8) is 0 Å². The molecule has 6 heteroatoms. The maximum Gasteiger partial charge on any atom is 0.244 e. The minimum Gasteiger partial charge on any atom is -0.497 e. The van der Waals surface area contributed by atoms with Crippen LogP contribution in [0.3, 0.4) is 0 Å². The first-order chi connectivity index (χ1) is 13.2. The molecule has 6 nitrogen and oxygen atoms in total. The summed E-state index contributed by atoms with van der Waals surface area (Å²) >= 11 is 0. The summed E-state index contributed by atoms with van der Waals surface area (Å²) in [7, 11) is 3.22. The Labute approximate surface area is 158 Å². The molecule has 3 rings (SSSR count). The van der Waals surface area contributed by atoms with E-state index in [1.54, 1.807) is 14.2 Å². The number of aromatic amines is 1. The molecule has 2 aromatic carbocycles. The molecule has 1 aromatic heterocycles. The smallest absolute Gasteiger partial charge is 0.244 e. The number of hydrogen-bond acceptors (Lipinski definition) is 4. The van der Waals surface area contributed by atoms with Crippen LogP contribution in [-0.4, -0.2) is 31.7 Å². The first-order valence-corrected chi connectivity index (χ1v) is 8.85. The largest absolute Gasteiger partial charge is 0.497 e. The Hall–Kier alpha value is -2.99. The van der Waals surface area contributed by atoms with E-state index in [1.165, 1.54) is 0 Å². The van der Waals surface area contributed by atoms with Crippen molar-refractivity contribution < 1.29 is 19.1 Å². The van der Waals surface area contributed by atoms with Gasteiger partial charge < -0.3 is 14.5 Å². The molecule has 0 aliphatic rings. The highest BCUT2D eigenvalue weighted by molar-refractivity contribution is 5.85. The SMILES string of the molecule is CCONC(=O)CC(c1cc(OC)cc(OC)c1)c1c[nH]c2ccccc12. The van der Waals surface area contributed by atoms with Crippen LogP contribution in [0, 0.1) is 0 Å². The normalized spacial score (nSPS) is 12.0. The number of amides is 1. The highest BCUT2D eigenvalue weighted by atomic mass is 16.6. The van der Waals surface area contributed by atoms with E-state index < -0.39 is 0 Å². The molecule has 0 spiro atoms. The molecule has 1 unspecified atom stereocenters. The fourth-order valence-corrected chi connectivity index (χ4v) is 3.20. The second-order valence-electron chi connectivity index (χ2n) is 6.15. The Morgan fingerprint density at radius 3 is 2.48 bits per heavy atom. The minimum absolute atomic E-state index is 0.186. The molecule has 1 amide bonds. The molecule has 1 heterocycles. The number of carbonyl (C=O) groups is 1. The lowest BCUT2D eigenvalue weighted by Gasteiger charge is -2.19. The van der Waals surface area contributed by atoms with Crippen LogP contribution in [0.15, 0.2) is 48.7 Å². The van der Waals surface area contributed by atoms with Gasteiger partial charge in [-0.3, -0.25) is 9.63 Å². The summed E-state index contributed by atoms with van der Waals surface area (Å²) in [5.74, 6) is 0.985. The summed E-state index contributed by atoms with van der Waals surface area (Å²) in [6, 6.07) is 13.7. The van der Waals surface area contributed by atoms with Gasteiger partial charge in [-0.05, 0) is 36.2 Å². The van der Waals surface area contributed by atoms with Crippen molar-refractivity contribution in [2.24, 2.45) is 0 Å². The molecule has 2 N–H and O–H groups in total. The summed E-state index contributed by atoms with van der Waals surface area (Å²) in [5, 5.41) is 1.08. The third kappa shape index (κ3) is 4.23. The van der Waals surface area contributed by atoms with Gasteiger partial charge in [-0.1, -0.05) is 18.2 Å². The number of H-pyrrole nitrogens is 1. The summed E-state index contributed by atoms with van der Waals surface area (Å²) in [6.07, 6.45) is 2.19. The number of nitrogens with one attached hydrogen (secondary N) is 2. The molecule has 27 heavy (non-hydrogen) atoms. The van der Waals surface area contributed by atoms with Gasteiger partial charge in [0.2, 0.25) is 5.91 Å². The number of rotatable bonds is 8. The quantitative estimate of drug-likeness (QED) is 0.594. The number of benzene rings is 2. The monoisotopic (exact) mass is 368 g/mol. The van der Waals surface area contributed by atoms with Gasteiger partial charge in [0.25, 0.3) is 0 Å². The molecule has 0 radical (unpaired) electrons. The molecule has 0 saturated carbocycles. The predicted octanol–water partition coefficient (Wildman–Crippen LogP) is 3.77. The summed E-state index contributed by atoms with van der Waals surface area (Å²) in [6.45, 7) is 2.24. The number of ether oxygens (including phenoxy) is 2. The van der Waals surface area contributed by atoms with Gasteiger partial charge in [0.15, 0.2) is 0 Å². The van der Waals surface area contributed by atoms with E-state index in [2.05, 4.69) is 10.5 Å². The Morgan fingerprint density at radius 2 is 1.81 bits per heavy atom. The number of methoxy groups -OCH3 is 2. The first-order valence-electron chi connectivity index (χ1n) is 8.85. The maximum absolute atomic E-state index is 12.4. The Balaban J connectivity index is 2.06. The molecule has 1 atom stereocenters. The molecule has 0 bridgehead atoms. The van der Waals surface area contributed by atoms with Crippen LogP contribution < -0.4 is 15.0 Å². The second kappa shape index (κ2) is 8.60. The number of hydroxylamine groups is 1. The molecular formula is C21H24N2O4. The van der Waals surface area contributed by atoms with Gasteiger partial charge in [0, 0.05) is 35.5 Å². The zero-order chi connectivity index (χ0) is 19.2. The van der Waals surface area contributed by atoms with E-state index >= 15 is 0 Å². The zero-order valence-electron chi connectivity index (χ0n) is 15.7. The number of carbonyl (C=O) groups excluding carboxylic acids is 1. The average Bonchev–Trinajstić information content (AvgIpc) is 3.13. The van der Waals surface area contributed by atoms with Crippen LogP contribution in [0.4, 0.5) is 0 Å². The third-order valence-corrected chi connectivity index (χ3v) is 4.49. The van der Waals surface area contributed by atoms with E-state index in [9.17, 15) is 4.79 Å². The fourth-order valence-electron chi connectivity index (χ4n) is 3.20. The van der Waals surface area contributed by atoms with Crippen LogP contribution in [0.1, 0.15) is 30.4 Å². The van der Waals surface area contributed by atoms with Crippen LogP contribution in [0.5, 0.6) is 11.5 Å². The zero-order valence-corrected chi connectivity index (χ0v) is 15.7. The van der Waals surface area contributed by atoms with Crippen LogP contribution in [-0.2, 0) is 9.63 Å². The van der Waals surface area contributed by atoms with Crippen molar-refractivity contribution in [3.8, 4) is 11.5 Å². The third-order valence-electron chi connectivity index (χ3n) is 4.49. The van der Waals surface area contributed by atoms with Crippen molar-refractivity contribution in [2.45, 2.75) is 19.3 Å². The van der Waals surface area contributed by atoms with Gasteiger partial charge in [-0.25, -0.2) is 5.48 Å². The van der Waals surface area contributed by atoms with E-state index in [0.717, 1.165) is 22.0 Å². The Morgan fingerprint density at radius 1 is 1.11 bits per heavy atom. The predicted molar refractivity (Wildman–Crippen MR) is 104 cm³/mol. The highest BCUT2D eigenvalue weighted by Crippen LogP contribution is 2.36. The molecule has 3 aromatic rings. The van der Waals surface area contributed by atoms with E-state index in [4.69, 9.17) is 14.3 Å².